The number of pyridine rings is 1. The van der Waals surface area contributed by atoms with Gasteiger partial charge in [-0.3, -0.25) is 9.78 Å². The number of aromatic nitrogens is 1. The van der Waals surface area contributed by atoms with Crippen LogP contribution >= 0.6 is 0 Å². The largest absolute Gasteiger partial charge is 0.505 e. The number of amides is 1. The first-order valence-corrected chi connectivity index (χ1v) is 6.18. The van der Waals surface area contributed by atoms with Crippen LogP contribution in [-0.4, -0.2) is 27.4 Å². The van der Waals surface area contributed by atoms with Gasteiger partial charge in [0.1, 0.15) is 5.75 Å². The van der Waals surface area contributed by atoms with Gasteiger partial charge < -0.3 is 10.0 Å². The molecule has 0 aliphatic rings. The lowest BCUT2D eigenvalue weighted by Gasteiger charge is -2.21. The van der Waals surface area contributed by atoms with Crippen LogP contribution in [-0.2, 0) is 6.54 Å². The fourth-order valence-electron chi connectivity index (χ4n) is 1.87. The van der Waals surface area contributed by atoms with Crippen molar-refractivity contribution in [3.63, 3.8) is 0 Å². The minimum Gasteiger partial charge on any atom is -0.505 e. The van der Waals surface area contributed by atoms with Crippen LogP contribution in [0.3, 0.4) is 0 Å². The van der Waals surface area contributed by atoms with Crippen LogP contribution in [0.5, 0.6) is 5.75 Å². The first kappa shape index (κ1) is 13.1. The summed E-state index contributed by atoms with van der Waals surface area (Å²) in [4.78, 5) is 17.8. The van der Waals surface area contributed by atoms with Gasteiger partial charge in [0.05, 0.1) is 11.8 Å². The zero-order chi connectivity index (χ0) is 13.7. The van der Waals surface area contributed by atoms with Gasteiger partial charge in [-0.05, 0) is 18.6 Å². The van der Waals surface area contributed by atoms with E-state index in [4.69, 9.17) is 0 Å². The summed E-state index contributed by atoms with van der Waals surface area (Å²) >= 11 is 0. The van der Waals surface area contributed by atoms with Gasteiger partial charge >= 0.3 is 0 Å². The fourth-order valence-corrected chi connectivity index (χ4v) is 1.87. The van der Waals surface area contributed by atoms with Crippen molar-refractivity contribution in [1.29, 1.82) is 0 Å². The molecular weight excluding hydrogens is 240 g/mol. The summed E-state index contributed by atoms with van der Waals surface area (Å²) in [5, 5.41) is 9.68. The van der Waals surface area contributed by atoms with Gasteiger partial charge in [-0.2, -0.15) is 0 Å². The highest BCUT2D eigenvalue weighted by Gasteiger charge is 2.17. The van der Waals surface area contributed by atoms with Crippen LogP contribution in [0.1, 0.15) is 22.8 Å². The molecule has 4 nitrogen and oxygen atoms in total. The molecule has 0 radical (unpaired) electrons. The van der Waals surface area contributed by atoms with Crippen LogP contribution in [0.2, 0.25) is 0 Å². The number of aromatic hydroxyl groups is 1. The Morgan fingerprint density at radius 1 is 1.26 bits per heavy atom. The Morgan fingerprint density at radius 2 is 2.00 bits per heavy atom. The van der Waals surface area contributed by atoms with Crippen LogP contribution in [0.25, 0.3) is 0 Å². The quantitative estimate of drug-likeness (QED) is 0.914. The molecule has 4 heteroatoms. The maximum atomic E-state index is 12.3. The van der Waals surface area contributed by atoms with Crippen LogP contribution in [0.4, 0.5) is 0 Å². The number of rotatable bonds is 4. The Hall–Kier alpha value is -2.36. The van der Waals surface area contributed by atoms with E-state index in [2.05, 4.69) is 4.98 Å². The van der Waals surface area contributed by atoms with Crippen molar-refractivity contribution in [3.8, 4) is 5.75 Å². The van der Waals surface area contributed by atoms with E-state index in [1.807, 2.05) is 37.3 Å². The lowest BCUT2D eigenvalue weighted by atomic mass is 10.1. The van der Waals surface area contributed by atoms with Gasteiger partial charge in [0, 0.05) is 19.3 Å². The Kier molecular flexibility index (Phi) is 4.13. The van der Waals surface area contributed by atoms with E-state index in [1.54, 1.807) is 4.90 Å². The van der Waals surface area contributed by atoms with E-state index in [-0.39, 0.29) is 17.2 Å². The van der Waals surface area contributed by atoms with E-state index in [0.29, 0.717) is 13.1 Å². The first-order chi connectivity index (χ1) is 9.22. The predicted octanol–water partition coefficient (Wildman–Crippen LogP) is 2.45. The van der Waals surface area contributed by atoms with Crippen molar-refractivity contribution in [3.05, 3.63) is 59.9 Å². The van der Waals surface area contributed by atoms with Crippen molar-refractivity contribution >= 4 is 5.91 Å². The Balaban J connectivity index is 2.18. The normalized spacial score (nSPS) is 10.2. The number of hydrogen-bond acceptors (Lipinski definition) is 3. The van der Waals surface area contributed by atoms with E-state index >= 15 is 0 Å². The van der Waals surface area contributed by atoms with E-state index in [1.165, 1.54) is 18.5 Å². The van der Waals surface area contributed by atoms with Gasteiger partial charge in [-0.1, -0.05) is 30.3 Å². The van der Waals surface area contributed by atoms with Gasteiger partial charge in [-0.25, -0.2) is 0 Å². The molecule has 2 aromatic rings. The standard InChI is InChI=1S/C15H16N2O2/c1-2-17(11-12-6-4-3-5-7-12)15(19)13-8-9-16-10-14(13)18/h3-10,18H,2,11H2,1H3. The van der Waals surface area contributed by atoms with Crippen molar-refractivity contribution in [2.45, 2.75) is 13.5 Å². The van der Waals surface area contributed by atoms with Crippen molar-refractivity contribution < 1.29 is 9.90 Å². The summed E-state index contributed by atoms with van der Waals surface area (Å²) in [5.41, 5.74) is 1.35. The van der Waals surface area contributed by atoms with Gasteiger partial charge in [-0.15, -0.1) is 0 Å². The second-order valence-electron chi connectivity index (χ2n) is 4.20. The molecule has 98 valence electrons. The summed E-state index contributed by atoms with van der Waals surface area (Å²) in [7, 11) is 0. The molecular formula is C15H16N2O2. The lowest BCUT2D eigenvalue weighted by Crippen LogP contribution is -2.30. The molecule has 0 saturated heterocycles. The third-order valence-electron chi connectivity index (χ3n) is 2.92. The highest BCUT2D eigenvalue weighted by molar-refractivity contribution is 5.96. The topological polar surface area (TPSA) is 53.4 Å². The molecule has 1 amide bonds. The third kappa shape index (κ3) is 3.10. The zero-order valence-corrected chi connectivity index (χ0v) is 10.8. The summed E-state index contributed by atoms with van der Waals surface area (Å²) in [5.74, 6) is -0.273. The predicted molar refractivity (Wildman–Crippen MR) is 72.8 cm³/mol. The molecule has 1 aromatic heterocycles. The first-order valence-electron chi connectivity index (χ1n) is 6.18. The Morgan fingerprint density at radius 3 is 2.63 bits per heavy atom. The molecule has 0 spiro atoms. The number of hydrogen-bond donors (Lipinski definition) is 1. The van der Waals surface area contributed by atoms with Crippen LogP contribution in [0.15, 0.2) is 48.8 Å². The number of carbonyl (C=O) groups is 1. The highest BCUT2D eigenvalue weighted by Crippen LogP contribution is 2.17. The Labute approximate surface area is 112 Å². The molecule has 0 saturated carbocycles. The minimum atomic E-state index is -0.189. The molecule has 0 aliphatic carbocycles. The number of carbonyl (C=O) groups excluding carboxylic acids is 1. The fraction of sp³-hybridized carbons (Fsp3) is 0.200. The SMILES string of the molecule is CCN(Cc1ccccc1)C(=O)c1ccncc1O. The van der Waals surface area contributed by atoms with Gasteiger partial charge in [0.25, 0.3) is 5.91 Å². The molecule has 1 heterocycles. The molecule has 0 fully saturated rings. The molecule has 0 aliphatic heterocycles. The summed E-state index contributed by atoms with van der Waals surface area (Å²) in [6, 6.07) is 11.3. The smallest absolute Gasteiger partial charge is 0.258 e. The van der Waals surface area contributed by atoms with Gasteiger partial charge in [0.2, 0.25) is 0 Å². The van der Waals surface area contributed by atoms with Crippen molar-refractivity contribution in [2.24, 2.45) is 0 Å². The van der Waals surface area contributed by atoms with Crippen LogP contribution in [0, 0.1) is 0 Å². The minimum absolute atomic E-state index is 0.0842. The zero-order valence-electron chi connectivity index (χ0n) is 10.8. The van der Waals surface area contributed by atoms with Crippen molar-refractivity contribution in [1.82, 2.24) is 9.88 Å². The molecule has 2 rings (SSSR count). The second-order valence-corrected chi connectivity index (χ2v) is 4.20. The second kappa shape index (κ2) is 6.00. The summed E-state index contributed by atoms with van der Waals surface area (Å²) in [6.07, 6.45) is 2.78. The maximum Gasteiger partial charge on any atom is 0.258 e. The molecule has 0 atom stereocenters. The summed E-state index contributed by atoms with van der Waals surface area (Å²) in [6.45, 7) is 3.02. The third-order valence-corrected chi connectivity index (χ3v) is 2.92. The number of nitrogens with zero attached hydrogens (tertiary/aromatic N) is 2. The number of benzene rings is 1. The molecule has 0 unspecified atom stereocenters. The monoisotopic (exact) mass is 256 g/mol. The van der Waals surface area contributed by atoms with E-state index < -0.39 is 0 Å². The molecule has 0 bridgehead atoms. The maximum absolute atomic E-state index is 12.3. The lowest BCUT2D eigenvalue weighted by molar-refractivity contribution is 0.0749. The molecule has 1 aromatic carbocycles. The molecule has 19 heavy (non-hydrogen) atoms. The van der Waals surface area contributed by atoms with E-state index in [0.717, 1.165) is 5.56 Å². The van der Waals surface area contributed by atoms with Gasteiger partial charge in [0.15, 0.2) is 0 Å². The Bertz CT molecular complexity index is 555. The average molecular weight is 256 g/mol. The van der Waals surface area contributed by atoms with Crippen molar-refractivity contribution in [2.75, 3.05) is 6.54 Å². The molecule has 1 N–H and O–H groups in total. The van der Waals surface area contributed by atoms with E-state index in [9.17, 15) is 9.90 Å². The summed E-state index contributed by atoms with van der Waals surface area (Å²) < 4.78 is 0. The highest BCUT2D eigenvalue weighted by atomic mass is 16.3. The van der Waals surface area contributed by atoms with Crippen LogP contribution < -0.4 is 0 Å². The average Bonchev–Trinajstić information content (AvgIpc) is 2.46.